The van der Waals surface area contributed by atoms with Gasteiger partial charge in [-0.2, -0.15) is 18.3 Å². The minimum atomic E-state index is -4.24. The first-order valence-electron chi connectivity index (χ1n) is 8.27. The molecule has 0 atom stereocenters. The number of nitrogens with zero attached hydrogens (tertiary/aromatic N) is 2. The molecule has 25 heavy (non-hydrogen) atoms. The van der Waals surface area contributed by atoms with Crippen molar-refractivity contribution in [1.82, 2.24) is 9.78 Å². The highest BCUT2D eigenvalue weighted by atomic mass is 79.9. The highest BCUT2D eigenvalue weighted by molar-refractivity contribution is 9.10. The Morgan fingerprint density at radius 2 is 1.96 bits per heavy atom. The van der Waals surface area contributed by atoms with Gasteiger partial charge in [-0.15, -0.1) is 0 Å². The molecule has 1 aromatic carbocycles. The van der Waals surface area contributed by atoms with Crippen LogP contribution >= 0.6 is 15.9 Å². The number of hydrogen-bond acceptors (Lipinski definition) is 2. The Bertz CT molecular complexity index is 736. The van der Waals surface area contributed by atoms with Gasteiger partial charge in [0, 0.05) is 21.9 Å². The summed E-state index contributed by atoms with van der Waals surface area (Å²) in [6, 6.07) is 7.25. The van der Waals surface area contributed by atoms with E-state index in [0.717, 1.165) is 15.7 Å². The van der Waals surface area contributed by atoms with Gasteiger partial charge in [0.15, 0.2) is 0 Å². The third-order valence-corrected chi connectivity index (χ3v) is 5.43. The first-order valence-corrected chi connectivity index (χ1v) is 9.06. The normalized spacial score (nSPS) is 17.0. The van der Waals surface area contributed by atoms with E-state index in [4.69, 9.17) is 4.74 Å². The fraction of sp³-hybridized carbons (Fsp3) is 0.500. The van der Waals surface area contributed by atoms with E-state index in [-0.39, 0.29) is 19.4 Å². The quantitative estimate of drug-likeness (QED) is 0.642. The molecule has 0 spiro atoms. The van der Waals surface area contributed by atoms with Crippen molar-refractivity contribution in [2.45, 2.75) is 45.3 Å². The predicted octanol–water partition coefficient (Wildman–Crippen LogP) is 5.50. The Morgan fingerprint density at radius 1 is 1.24 bits per heavy atom. The molecular weight excluding hydrogens is 397 g/mol. The molecule has 1 saturated carbocycles. The number of aryl methyl sites for hydroxylation is 1. The van der Waals surface area contributed by atoms with Gasteiger partial charge >= 0.3 is 6.18 Å². The lowest BCUT2D eigenvalue weighted by Crippen LogP contribution is -2.40. The van der Waals surface area contributed by atoms with Gasteiger partial charge in [0.2, 0.25) is 0 Å². The van der Waals surface area contributed by atoms with Crippen LogP contribution in [0.25, 0.3) is 0 Å². The van der Waals surface area contributed by atoms with Crippen LogP contribution in [0, 0.1) is 12.3 Å². The van der Waals surface area contributed by atoms with Crippen molar-refractivity contribution in [3.8, 4) is 5.75 Å². The van der Waals surface area contributed by atoms with Gasteiger partial charge in [-0.3, -0.25) is 4.68 Å². The average Bonchev–Trinajstić information content (AvgIpc) is 3.17. The summed E-state index contributed by atoms with van der Waals surface area (Å²) < 4.78 is 49.0. The van der Waals surface area contributed by atoms with Crippen molar-refractivity contribution in [3.05, 3.63) is 46.2 Å². The molecule has 1 heterocycles. The van der Waals surface area contributed by atoms with Crippen LogP contribution in [0.4, 0.5) is 13.2 Å². The Labute approximate surface area is 153 Å². The van der Waals surface area contributed by atoms with Crippen LogP contribution in [0.5, 0.6) is 5.75 Å². The number of benzene rings is 1. The van der Waals surface area contributed by atoms with Gasteiger partial charge in [-0.25, -0.2) is 0 Å². The largest absolute Gasteiger partial charge is 0.492 e. The van der Waals surface area contributed by atoms with E-state index in [1.165, 1.54) is 0 Å². The molecule has 1 aliphatic rings. The summed E-state index contributed by atoms with van der Waals surface area (Å²) in [5.74, 6) is 0.480. The van der Waals surface area contributed by atoms with Crippen molar-refractivity contribution in [2.24, 2.45) is 5.41 Å². The molecule has 3 rings (SSSR count). The summed E-state index contributed by atoms with van der Waals surface area (Å²) >= 11 is 3.41. The number of aromatic nitrogens is 2. The number of rotatable bonds is 5. The third kappa shape index (κ3) is 3.86. The minimum Gasteiger partial charge on any atom is -0.492 e. The summed E-state index contributed by atoms with van der Waals surface area (Å²) in [6.45, 7) is 2.05. The molecule has 0 aliphatic heterocycles. The SMILES string of the molecule is Cc1ccnn1Cc1cc(Br)ccc1OCC1(C(F)(F)F)CCCC1. The van der Waals surface area contributed by atoms with Crippen molar-refractivity contribution >= 4 is 15.9 Å². The molecule has 1 aromatic heterocycles. The zero-order valence-electron chi connectivity index (χ0n) is 13.9. The molecule has 1 aliphatic carbocycles. The molecule has 0 radical (unpaired) electrons. The molecule has 1 fully saturated rings. The van der Waals surface area contributed by atoms with Gasteiger partial charge in [0.1, 0.15) is 12.4 Å². The topological polar surface area (TPSA) is 27.1 Å². The van der Waals surface area contributed by atoms with Crippen molar-refractivity contribution in [2.75, 3.05) is 6.61 Å². The van der Waals surface area contributed by atoms with Crippen LogP contribution in [-0.4, -0.2) is 22.6 Å². The maximum absolute atomic E-state index is 13.5. The van der Waals surface area contributed by atoms with E-state index in [0.29, 0.717) is 25.1 Å². The van der Waals surface area contributed by atoms with Crippen molar-refractivity contribution in [3.63, 3.8) is 0 Å². The molecule has 3 nitrogen and oxygen atoms in total. The highest BCUT2D eigenvalue weighted by Gasteiger charge is 2.56. The maximum atomic E-state index is 13.5. The first-order chi connectivity index (χ1) is 11.8. The van der Waals surface area contributed by atoms with Gasteiger partial charge in [0.25, 0.3) is 0 Å². The summed E-state index contributed by atoms with van der Waals surface area (Å²) in [7, 11) is 0. The molecule has 7 heteroatoms. The number of alkyl halides is 3. The van der Waals surface area contributed by atoms with Crippen LogP contribution in [0.3, 0.4) is 0 Å². The van der Waals surface area contributed by atoms with Gasteiger partial charge < -0.3 is 4.74 Å². The second kappa shape index (κ2) is 7.02. The lowest BCUT2D eigenvalue weighted by atomic mass is 9.86. The number of ether oxygens (including phenoxy) is 1. The second-order valence-electron chi connectivity index (χ2n) is 6.66. The monoisotopic (exact) mass is 416 g/mol. The molecule has 0 bridgehead atoms. The van der Waals surface area contributed by atoms with E-state index in [1.807, 2.05) is 19.1 Å². The van der Waals surface area contributed by atoms with Crippen LogP contribution in [0.2, 0.25) is 0 Å². The fourth-order valence-corrected chi connectivity index (χ4v) is 3.72. The lowest BCUT2D eigenvalue weighted by molar-refractivity contribution is -0.230. The van der Waals surface area contributed by atoms with E-state index in [9.17, 15) is 13.2 Å². The molecular formula is C18H20BrF3N2O. The Balaban J connectivity index is 1.81. The van der Waals surface area contributed by atoms with E-state index < -0.39 is 11.6 Å². The molecule has 0 saturated heterocycles. The molecule has 136 valence electrons. The number of halogens is 4. The summed E-state index contributed by atoms with van der Waals surface area (Å²) in [6.07, 6.45) is -1.06. The van der Waals surface area contributed by atoms with Crippen molar-refractivity contribution in [1.29, 1.82) is 0 Å². The molecule has 2 aromatic rings. The van der Waals surface area contributed by atoms with Gasteiger partial charge in [-0.1, -0.05) is 28.8 Å². The van der Waals surface area contributed by atoms with Gasteiger partial charge in [0.05, 0.1) is 12.0 Å². The zero-order chi connectivity index (χ0) is 18.1. The Hall–Kier alpha value is -1.50. The predicted molar refractivity (Wildman–Crippen MR) is 92.7 cm³/mol. The van der Waals surface area contributed by atoms with Gasteiger partial charge in [-0.05, 0) is 44.0 Å². The summed E-state index contributed by atoms with van der Waals surface area (Å²) in [5, 5.41) is 4.24. The summed E-state index contributed by atoms with van der Waals surface area (Å²) in [5.41, 5.74) is 0.0591. The Morgan fingerprint density at radius 3 is 2.56 bits per heavy atom. The van der Waals surface area contributed by atoms with Crippen LogP contribution in [0.15, 0.2) is 34.9 Å². The van der Waals surface area contributed by atoms with E-state index >= 15 is 0 Å². The fourth-order valence-electron chi connectivity index (χ4n) is 3.32. The van der Waals surface area contributed by atoms with Crippen LogP contribution < -0.4 is 4.74 Å². The smallest absolute Gasteiger partial charge is 0.397 e. The molecule has 0 unspecified atom stereocenters. The average molecular weight is 417 g/mol. The standard InChI is InChI=1S/C18H20BrF3N2O/c1-13-6-9-23-24(13)11-14-10-15(19)4-5-16(14)25-12-17(18(20,21)22)7-2-3-8-17/h4-6,9-10H,2-3,7-8,11-12H2,1H3. The van der Waals surface area contributed by atoms with Crippen LogP contribution in [-0.2, 0) is 6.54 Å². The zero-order valence-corrected chi connectivity index (χ0v) is 15.5. The maximum Gasteiger partial charge on any atom is 0.397 e. The van der Waals surface area contributed by atoms with Crippen molar-refractivity contribution < 1.29 is 17.9 Å². The minimum absolute atomic E-state index is 0.140. The second-order valence-corrected chi connectivity index (χ2v) is 7.57. The number of hydrogen-bond donors (Lipinski definition) is 0. The van der Waals surface area contributed by atoms with E-state index in [1.54, 1.807) is 23.0 Å². The molecule has 0 amide bonds. The first kappa shape index (κ1) is 18.3. The summed E-state index contributed by atoms with van der Waals surface area (Å²) in [4.78, 5) is 0. The third-order valence-electron chi connectivity index (χ3n) is 4.94. The lowest BCUT2D eigenvalue weighted by Gasteiger charge is -2.31. The molecule has 0 N–H and O–H groups in total. The van der Waals surface area contributed by atoms with E-state index in [2.05, 4.69) is 21.0 Å². The highest BCUT2D eigenvalue weighted by Crippen LogP contribution is 2.50. The Kier molecular flexibility index (Phi) is 5.14. The van der Waals surface area contributed by atoms with Crippen LogP contribution in [0.1, 0.15) is 36.9 Å².